The Morgan fingerprint density at radius 2 is 1.57 bits per heavy atom. The molecule has 8 heteroatoms. The first-order valence-corrected chi connectivity index (χ1v) is 9.69. The SMILES string of the molecule is Br.Br.c1ccc(-c2nc(=NCCN3CCOCC3)sn2-c2ccccc2)cc1. The van der Waals surface area contributed by atoms with E-state index in [0.717, 1.165) is 61.3 Å². The number of halogens is 2. The maximum atomic E-state index is 5.40. The molecule has 0 unspecified atom stereocenters. The van der Waals surface area contributed by atoms with Crippen LogP contribution in [0.5, 0.6) is 0 Å². The Morgan fingerprint density at radius 1 is 0.929 bits per heavy atom. The maximum Gasteiger partial charge on any atom is 0.223 e. The van der Waals surface area contributed by atoms with Gasteiger partial charge in [0, 0.05) is 25.2 Å². The van der Waals surface area contributed by atoms with Crippen molar-refractivity contribution in [1.82, 2.24) is 13.8 Å². The first-order valence-electron chi connectivity index (χ1n) is 8.92. The molecule has 28 heavy (non-hydrogen) atoms. The molecule has 150 valence electrons. The van der Waals surface area contributed by atoms with Crippen LogP contribution in [-0.4, -0.2) is 53.2 Å². The van der Waals surface area contributed by atoms with Crippen LogP contribution in [-0.2, 0) is 4.74 Å². The van der Waals surface area contributed by atoms with Crippen molar-refractivity contribution in [3.63, 3.8) is 0 Å². The zero-order valence-corrected chi connectivity index (χ0v) is 19.7. The van der Waals surface area contributed by atoms with E-state index in [1.807, 2.05) is 36.4 Å². The lowest BCUT2D eigenvalue weighted by molar-refractivity contribution is 0.0394. The largest absolute Gasteiger partial charge is 0.379 e. The van der Waals surface area contributed by atoms with Crippen molar-refractivity contribution < 1.29 is 4.74 Å². The Kier molecular flexibility index (Phi) is 9.53. The summed E-state index contributed by atoms with van der Waals surface area (Å²) in [6, 6.07) is 20.6. The molecule has 0 saturated carbocycles. The van der Waals surface area contributed by atoms with Crippen molar-refractivity contribution in [2.24, 2.45) is 4.99 Å². The molecule has 2 heterocycles. The van der Waals surface area contributed by atoms with Gasteiger partial charge in [-0.25, -0.2) is 3.96 Å². The topological polar surface area (TPSA) is 42.6 Å². The second-order valence-electron chi connectivity index (χ2n) is 6.14. The van der Waals surface area contributed by atoms with Crippen LogP contribution >= 0.6 is 45.5 Å². The predicted molar refractivity (Wildman–Crippen MR) is 125 cm³/mol. The first kappa shape index (κ1) is 23.0. The van der Waals surface area contributed by atoms with Gasteiger partial charge in [0.25, 0.3) is 0 Å². The van der Waals surface area contributed by atoms with Gasteiger partial charge in [-0.05, 0) is 23.7 Å². The highest BCUT2D eigenvalue weighted by atomic mass is 79.9. The summed E-state index contributed by atoms with van der Waals surface area (Å²) in [7, 11) is 0. The van der Waals surface area contributed by atoms with Gasteiger partial charge < -0.3 is 4.74 Å². The van der Waals surface area contributed by atoms with E-state index in [-0.39, 0.29) is 34.0 Å². The quantitative estimate of drug-likeness (QED) is 0.504. The molecular weight excluding hydrogens is 504 g/mol. The minimum Gasteiger partial charge on any atom is -0.379 e. The second kappa shape index (κ2) is 11.6. The molecule has 1 aliphatic heterocycles. The standard InChI is InChI=1S/C20H22N4OS.2BrH/c1-3-7-17(8-4-1)19-22-20(21-11-12-23-13-15-25-16-14-23)26-24(19)18-9-5-2-6-10-18;;/h1-10H,11-16H2;2*1H. The fourth-order valence-corrected chi connectivity index (χ4v) is 3.86. The second-order valence-corrected chi connectivity index (χ2v) is 7.05. The zero-order valence-electron chi connectivity index (χ0n) is 15.4. The van der Waals surface area contributed by atoms with Gasteiger partial charge in [0.15, 0.2) is 5.82 Å². The van der Waals surface area contributed by atoms with E-state index in [4.69, 9.17) is 14.7 Å². The minimum atomic E-state index is 0. The molecule has 0 atom stereocenters. The summed E-state index contributed by atoms with van der Waals surface area (Å²) in [6.45, 7) is 5.34. The third-order valence-electron chi connectivity index (χ3n) is 4.36. The van der Waals surface area contributed by atoms with Crippen LogP contribution in [0.3, 0.4) is 0 Å². The van der Waals surface area contributed by atoms with Gasteiger partial charge in [0.2, 0.25) is 4.80 Å². The zero-order chi connectivity index (χ0) is 17.6. The third kappa shape index (κ3) is 5.84. The third-order valence-corrected chi connectivity index (χ3v) is 5.31. The average Bonchev–Trinajstić information content (AvgIpc) is 3.14. The van der Waals surface area contributed by atoms with E-state index in [1.54, 1.807) is 11.5 Å². The summed E-state index contributed by atoms with van der Waals surface area (Å²) in [5.41, 5.74) is 2.21. The molecule has 1 aliphatic rings. The lowest BCUT2D eigenvalue weighted by Gasteiger charge is -2.25. The molecule has 3 aromatic rings. The summed E-state index contributed by atoms with van der Waals surface area (Å²) in [5.74, 6) is 0.937. The summed E-state index contributed by atoms with van der Waals surface area (Å²) in [5, 5.41) is 0. The Morgan fingerprint density at radius 3 is 2.25 bits per heavy atom. The molecule has 4 rings (SSSR count). The fraction of sp³-hybridized carbons (Fsp3) is 0.300. The highest BCUT2D eigenvalue weighted by Crippen LogP contribution is 2.21. The van der Waals surface area contributed by atoms with Crippen molar-refractivity contribution >= 4 is 45.5 Å². The molecular formula is C20H24Br2N4OS. The highest BCUT2D eigenvalue weighted by molar-refractivity contribution is 8.93. The summed E-state index contributed by atoms with van der Waals surface area (Å²) in [4.78, 5) is 12.8. The van der Waals surface area contributed by atoms with Gasteiger partial charge in [-0.3, -0.25) is 9.89 Å². The van der Waals surface area contributed by atoms with E-state index < -0.39 is 0 Å². The van der Waals surface area contributed by atoms with Crippen LogP contribution in [0.4, 0.5) is 0 Å². The molecule has 2 aromatic carbocycles. The number of hydrogen-bond donors (Lipinski definition) is 0. The Balaban J connectivity index is 0.00000140. The number of morpholine rings is 1. The molecule has 0 amide bonds. The Labute approximate surface area is 190 Å². The first-order chi connectivity index (χ1) is 12.9. The van der Waals surface area contributed by atoms with E-state index in [9.17, 15) is 0 Å². The van der Waals surface area contributed by atoms with Gasteiger partial charge in [-0.2, -0.15) is 4.98 Å². The number of ether oxygens (including phenoxy) is 1. The predicted octanol–water partition coefficient (Wildman–Crippen LogP) is 3.99. The molecule has 0 spiro atoms. The molecule has 0 radical (unpaired) electrons. The number of aromatic nitrogens is 2. The molecule has 0 N–H and O–H groups in total. The Bertz CT molecular complexity index is 833. The number of nitrogens with zero attached hydrogens (tertiary/aromatic N) is 4. The van der Waals surface area contributed by atoms with Crippen molar-refractivity contribution in [3.05, 3.63) is 65.5 Å². The van der Waals surface area contributed by atoms with E-state index in [2.05, 4.69) is 33.1 Å². The van der Waals surface area contributed by atoms with Crippen molar-refractivity contribution in [2.45, 2.75) is 0 Å². The lowest BCUT2D eigenvalue weighted by atomic mass is 10.2. The van der Waals surface area contributed by atoms with Gasteiger partial charge in [0.05, 0.1) is 25.4 Å². The minimum absolute atomic E-state index is 0. The normalized spacial score (nSPS) is 14.9. The van der Waals surface area contributed by atoms with Crippen molar-refractivity contribution in [3.8, 4) is 17.1 Å². The number of rotatable bonds is 5. The van der Waals surface area contributed by atoms with Gasteiger partial charge >= 0.3 is 0 Å². The monoisotopic (exact) mass is 526 g/mol. The number of benzene rings is 2. The Hall–Kier alpha value is -1.32. The smallest absolute Gasteiger partial charge is 0.223 e. The summed E-state index contributed by atoms with van der Waals surface area (Å²) in [6.07, 6.45) is 0. The molecule has 5 nitrogen and oxygen atoms in total. The average molecular weight is 528 g/mol. The van der Waals surface area contributed by atoms with E-state index in [0.29, 0.717) is 0 Å². The highest BCUT2D eigenvalue weighted by Gasteiger charge is 2.11. The van der Waals surface area contributed by atoms with Gasteiger partial charge in [-0.1, -0.05) is 48.5 Å². The molecule has 1 saturated heterocycles. The van der Waals surface area contributed by atoms with E-state index >= 15 is 0 Å². The number of hydrogen-bond acceptors (Lipinski definition) is 5. The van der Waals surface area contributed by atoms with Crippen LogP contribution in [0.1, 0.15) is 0 Å². The lowest BCUT2D eigenvalue weighted by Crippen LogP contribution is -2.37. The van der Waals surface area contributed by atoms with Crippen LogP contribution in [0.25, 0.3) is 17.1 Å². The summed E-state index contributed by atoms with van der Waals surface area (Å²) < 4.78 is 7.55. The maximum absolute atomic E-state index is 5.40. The van der Waals surface area contributed by atoms with E-state index in [1.165, 1.54) is 0 Å². The van der Waals surface area contributed by atoms with Crippen LogP contribution in [0.2, 0.25) is 0 Å². The van der Waals surface area contributed by atoms with Crippen molar-refractivity contribution in [2.75, 3.05) is 39.4 Å². The molecule has 1 aromatic heterocycles. The summed E-state index contributed by atoms with van der Waals surface area (Å²) >= 11 is 1.59. The van der Waals surface area contributed by atoms with Crippen LogP contribution in [0.15, 0.2) is 65.7 Å². The van der Waals surface area contributed by atoms with Crippen LogP contribution < -0.4 is 4.80 Å². The molecule has 0 aliphatic carbocycles. The van der Waals surface area contributed by atoms with Crippen molar-refractivity contribution in [1.29, 1.82) is 0 Å². The fourth-order valence-electron chi connectivity index (χ4n) is 2.96. The molecule has 0 bridgehead atoms. The van der Waals surface area contributed by atoms with Gasteiger partial charge in [0.1, 0.15) is 0 Å². The van der Waals surface area contributed by atoms with Gasteiger partial charge in [-0.15, -0.1) is 34.0 Å². The van der Waals surface area contributed by atoms with Crippen LogP contribution in [0, 0.1) is 0 Å². The molecule has 1 fully saturated rings. The number of para-hydroxylation sites is 1.